The third-order valence-electron chi connectivity index (χ3n) is 4.37. The van der Waals surface area contributed by atoms with Crippen molar-refractivity contribution in [1.82, 2.24) is 0 Å². The van der Waals surface area contributed by atoms with Crippen molar-refractivity contribution in [3.8, 4) is 0 Å². The summed E-state index contributed by atoms with van der Waals surface area (Å²) >= 11 is 0. The first kappa shape index (κ1) is 16.6. The molecule has 0 saturated carbocycles. The van der Waals surface area contributed by atoms with Crippen LogP contribution in [0, 0.1) is 12.8 Å². The van der Waals surface area contributed by atoms with Crippen LogP contribution in [0.3, 0.4) is 0 Å². The zero-order valence-electron chi connectivity index (χ0n) is 13.6. The molecule has 2 fully saturated rings. The lowest BCUT2D eigenvalue weighted by Gasteiger charge is -2.38. The topological polar surface area (TPSA) is 55.8 Å². The van der Waals surface area contributed by atoms with Crippen molar-refractivity contribution in [3.63, 3.8) is 0 Å². The molecule has 6 heteroatoms. The van der Waals surface area contributed by atoms with E-state index in [0.29, 0.717) is 30.9 Å². The van der Waals surface area contributed by atoms with E-state index in [4.69, 9.17) is 9.47 Å². The van der Waals surface area contributed by atoms with Gasteiger partial charge in [0.1, 0.15) is 0 Å². The van der Waals surface area contributed by atoms with Crippen LogP contribution in [0.1, 0.15) is 25.3 Å². The predicted octanol–water partition coefficient (Wildman–Crippen LogP) is 2.21. The Labute approximate surface area is 139 Å². The summed E-state index contributed by atoms with van der Waals surface area (Å²) in [6, 6.07) is 7.90. The van der Waals surface area contributed by atoms with Crippen LogP contribution in [0.2, 0.25) is 0 Å². The van der Waals surface area contributed by atoms with E-state index in [9.17, 15) is 9.00 Å². The summed E-state index contributed by atoms with van der Waals surface area (Å²) in [4.78, 5) is 14.7. The first-order valence-corrected chi connectivity index (χ1v) is 9.55. The molecule has 0 bridgehead atoms. The second kappa shape index (κ2) is 7.11. The Balaban J connectivity index is 1.74. The molecule has 23 heavy (non-hydrogen) atoms. The van der Waals surface area contributed by atoms with Crippen LogP contribution in [0.15, 0.2) is 24.3 Å². The minimum absolute atomic E-state index is 0.0634. The van der Waals surface area contributed by atoms with Crippen molar-refractivity contribution in [2.45, 2.75) is 39.3 Å². The van der Waals surface area contributed by atoms with Gasteiger partial charge in [-0.2, -0.15) is 0 Å². The normalized spacial score (nSPS) is 30.5. The quantitative estimate of drug-likeness (QED) is 0.845. The molecule has 5 nitrogen and oxygen atoms in total. The van der Waals surface area contributed by atoms with Gasteiger partial charge in [0.05, 0.1) is 6.54 Å². The standard InChI is InChI=1S/C17H23NO4S/c1-12-3-5-15(6-4-12)18(11-16-21-13(2)22-16)17(19)14-7-9-23(20)10-8-14/h3-6,13-14,16H,7-11H2,1-2H3. The summed E-state index contributed by atoms with van der Waals surface area (Å²) in [5, 5.41) is 0. The maximum Gasteiger partial charge on any atom is 0.230 e. The van der Waals surface area contributed by atoms with E-state index in [1.807, 2.05) is 38.1 Å². The van der Waals surface area contributed by atoms with E-state index in [-0.39, 0.29) is 24.4 Å². The number of hydrogen-bond donors (Lipinski definition) is 0. The number of carbonyl (C=O) groups is 1. The van der Waals surface area contributed by atoms with Gasteiger partial charge >= 0.3 is 0 Å². The van der Waals surface area contributed by atoms with Crippen molar-refractivity contribution >= 4 is 22.4 Å². The molecule has 2 aliphatic heterocycles. The van der Waals surface area contributed by atoms with E-state index in [1.165, 1.54) is 0 Å². The maximum atomic E-state index is 13.0. The van der Waals surface area contributed by atoms with Crippen LogP contribution in [0.25, 0.3) is 0 Å². The fourth-order valence-electron chi connectivity index (χ4n) is 2.98. The lowest BCUT2D eigenvalue weighted by Crippen LogP contribution is -2.50. The smallest absolute Gasteiger partial charge is 0.230 e. The predicted molar refractivity (Wildman–Crippen MR) is 89.6 cm³/mol. The Morgan fingerprint density at radius 3 is 2.39 bits per heavy atom. The van der Waals surface area contributed by atoms with Crippen LogP contribution in [0.4, 0.5) is 5.69 Å². The molecule has 1 amide bonds. The maximum absolute atomic E-state index is 13.0. The Morgan fingerprint density at radius 2 is 1.83 bits per heavy atom. The molecule has 0 atom stereocenters. The Kier molecular flexibility index (Phi) is 5.14. The molecule has 0 aliphatic carbocycles. The van der Waals surface area contributed by atoms with Crippen molar-refractivity contribution in [2.75, 3.05) is 23.0 Å². The first-order chi connectivity index (χ1) is 11.0. The largest absolute Gasteiger partial charge is 0.322 e. The molecule has 3 rings (SSSR count). The van der Waals surface area contributed by atoms with Crippen LogP contribution in [0.5, 0.6) is 0 Å². The summed E-state index contributed by atoms with van der Waals surface area (Å²) in [7, 11) is -0.764. The highest BCUT2D eigenvalue weighted by molar-refractivity contribution is 7.85. The third-order valence-corrected chi connectivity index (χ3v) is 5.75. The van der Waals surface area contributed by atoms with Gasteiger partial charge in [0.25, 0.3) is 0 Å². The Bertz CT molecular complexity index is 573. The van der Waals surface area contributed by atoms with E-state index >= 15 is 0 Å². The molecular formula is C17H23NO4S. The van der Waals surface area contributed by atoms with Crippen molar-refractivity contribution in [1.29, 1.82) is 0 Å². The monoisotopic (exact) mass is 337 g/mol. The van der Waals surface area contributed by atoms with Crippen molar-refractivity contribution < 1.29 is 18.5 Å². The number of hydrogen-bond acceptors (Lipinski definition) is 4. The Hall–Kier alpha value is -1.24. The van der Waals surface area contributed by atoms with Gasteiger partial charge in [-0.3, -0.25) is 9.00 Å². The highest BCUT2D eigenvalue weighted by Gasteiger charge is 2.34. The zero-order chi connectivity index (χ0) is 16.4. The lowest BCUT2D eigenvalue weighted by molar-refractivity contribution is -0.370. The molecule has 1 aromatic rings. The second-order valence-electron chi connectivity index (χ2n) is 6.18. The molecule has 0 radical (unpaired) electrons. The SMILES string of the molecule is Cc1ccc(N(CC2OC(C)O2)C(=O)C2CCS(=O)CC2)cc1. The van der Waals surface area contributed by atoms with E-state index in [2.05, 4.69) is 0 Å². The molecule has 0 unspecified atom stereocenters. The number of carbonyl (C=O) groups excluding carboxylic acids is 1. The van der Waals surface area contributed by atoms with E-state index in [0.717, 1.165) is 11.3 Å². The molecule has 1 aromatic carbocycles. The van der Waals surface area contributed by atoms with Gasteiger partial charge < -0.3 is 14.4 Å². The molecule has 0 aromatic heterocycles. The Morgan fingerprint density at radius 1 is 1.22 bits per heavy atom. The molecule has 126 valence electrons. The number of aryl methyl sites for hydroxylation is 1. The second-order valence-corrected chi connectivity index (χ2v) is 7.87. The summed E-state index contributed by atoms with van der Waals surface area (Å²) < 4.78 is 22.5. The zero-order valence-corrected chi connectivity index (χ0v) is 14.4. The minimum Gasteiger partial charge on any atom is -0.322 e. The first-order valence-electron chi connectivity index (χ1n) is 8.07. The van der Waals surface area contributed by atoms with Crippen molar-refractivity contribution in [2.24, 2.45) is 5.92 Å². The van der Waals surface area contributed by atoms with Gasteiger partial charge in [0.2, 0.25) is 5.91 Å². The molecular weight excluding hydrogens is 314 g/mol. The van der Waals surface area contributed by atoms with Crippen LogP contribution < -0.4 is 4.90 Å². The highest BCUT2D eigenvalue weighted by atomic mass is 32.2. The summed E-state index contributed by atoms with van der Waals surface area (Å²) in [5.41, 5.74) is 2.01. The van der Waals surface area contributed by atoms with Gasteiger partial charge in [0.15, 0.2) is 12.6 Å². The number of amides is 1. The number of rotatable bonds is 4. The molecule has 0 N–H and O–H groups in total. The number of ether oxygens (including phenoxy) is 2. The van der Waals surface area contributed by atoms with Crippen LogP contribution >= 0.6 is 0 Å². The fraction of sp³-hybridized carbons (Fsp3) is 0.588. The van der Waals surface area contributed by atoms with Gasteiger partial charge in [-0.25, -0.2) is 0 Å². The average Bonchev–Trinajstić information content (AvgIpc) is 2.52. The minimum atomic E-state index is -0.764. The number of anilines is 1. The third kappa shape index (κ3) is 4.00. The van der Waals surface area contributed by atoms with Crippen LogP contribution in [-0.2, 0) is 25.1 Å². The molecule has 2 aliphatic rings. The number of benzene rings is 1. The molecule has 2 saturated heterocycles. The fourth-order valence-corrected chi connectivity index (χ4v) is 4.28. The van der Waals surface area contributed by atoms with Gasteiger partial charge in [-0.15, -0.1) is 0 Å². The summed E-state index contributed by atoms with van der Waals surface area (Å²) in [6.07, 6.45) is 0.813. The lowest BCUT2D eigenvalue weighted by atomic mass is 10.0. The van der Waals surface area contributed by atoms with E-state index < -0.39 is 10.8 Å². The number of nitrogens with zero attached hydrogens (tertiary/aromatic N) is 1. The summed E-state index contributed by atoms with van der Waals surface area (Å²) in [6.45, 7) is 4.25. The van der Waals surface area contributed by atoms with Gasteiger partial charge in [0, 0.05) is 33.9 Å². The average molecular weight is 337 g/mol. The molecule has 0 spiro atoms. The van der Waals surface area contributed by atoms with E-state index in [1.54, 1.807) is 4.90 Å². The summed E-state index contributed by atoms with van der Waals surface area (Å²) in [5.74, 6) is 1.25. The van der Waals surface area contributed by atoms with Crippen molar-refractivity contribution in [3.05, 3.63) is 29.8 Å². The highest BCUT2D eigenvalue weighted by Crippen LogP contribution is 2.26. The van der Waals surface area contributed by atoms with Gasteiger partial charge in [-0.1, -0.05) is 17.7 Å². The molecule has 2 heterocycles. The van der Waals surface area contributed by atoms with Gasteiger partial charge in [-0.05, 0) is 38.8 Å². The van der Waals surface area contributed by atoms with Crippen LogP contribution in [-0.4, -0.2) is 40.7 Å².